The van der Waals surface area contributed by atoms with Gasteiger partial charge in [-0.15, -0.1) is 0 Å². The molecule has 1 N–H and O–H groups in total. The molecule has 5 rings (SSSR count). The van der Waals surface area contributed by atoms with Crippen LogP contribution in [0.25, 0.3) is 0 Å². The third kappa shape index (κ3) is 2.33. The molecule has 0 aliphatic heterocycles. The molecule has 22 heavy (non-hydrogen) atoms. The van der Waals surface area contributed by atoms with Gasteiger partial charge in [0.25, 0.3) is 0 Å². The molecule has 4 aliphatic carbocycles. The predicted octanol–water partition coefficient (Wildman–Crippen LogP) is 5.21. The molecule has 1 aromatic carbocycles. The monoisotopic (exact) mass is 297 g/mol. The van der Waals surface area contributed by atoms with Gasteiger partial charge in [0.05, 0.1) is 0 Å². The molecular weight excluding hydrogens is 266 g/mol. The van der Waals surface area contributed by atoms with E-state index in [1.165, 1.54) is 43.2 Å². The number of nitrogens with one attached hydrogen (secondary N) is 1. The van der Waals surface area contributed by atoms with Crippen molar-refractivity contribution in [3.63, 3.8) is 0 Å². The number of hydrogen-bond donors (Lipinski definition) is 1. The van der Waals surface area contributed by atoms with Gasteiger partial charge in [-0.1, -0.05) is 45.0 Å². The predicted molar refractivity (Wildman–Crippen MR) is 93.0 cm³/mol. The highest BCUT2D eigenvalue weighted by atomic mass is 15.0. The first kappa shape index (κ1) is 14.8. The average molecular weight is 297 g/mol. The van der Waals surface area contributed by atoms with E-state index in [-0.39, 0.29) is 5.41 Å². The van der Waals surface area contributed by atoms with E-state index >= 15 is 0 Å². The van der Waals surface area contributed by atoms with Gasteiger partial charge < -0.3 is 5.32 Å². The molecule has 0 amide bonds. The summed E-state index contributed by atoms with van der Waals surface area (Å²) < 4.78 is 0. The van der Waals surface area contributed by atoms with Crippen LogP contribution in [0, 0.1) is 17.8 Å². The van der Waals surface area contributed by atoms with Crippen molar-refractivity contribution in [2.75, 3.05) is 0 Å². The summed E-state index contributed by atoms with van der Waals surface area (Å²) in [6.07, 6.45) is 7.41. The van der Waals surface area contributed by atoms with Gasteiger partial charge in [-0.3, -0.25) is 0 Å². The second-order valence-electron chi connectivity index (χ2n) is 9.44. The van der Waals surface area contributed by atoms with Gasteiger partial charge in [-0.25, -0.2) is 0 Å². The Kier molecular flexibility index (Phi) is 3.24. The zero-order valence-electron chi connectivity index (χ0n) is 14.7. The van der Waals surface area contributed by atoms with E-state index in [2.05, 4.69) is 57.3 Å². The van der Waals surface area contributed by atoms with Crippen molar-refractivity contribution in [1.82, 2.24) is 5.32 Å². The zero-order chi connectivity index (χ0) is 15.5. The third-order valence-corrected chi connectivity index (χ3v) is 6.77. The molecule has 4 fully saturated rings. The Morgan fingerprint density at radius 2 is 1.59 bits per heavy atom. The van der Waals surface area contributed by atoms with E-state index in [9.17, 15) is 0 Å². The van der Waals surface area contributed by atoms with Gasteiger partial charge in [0.15, 0.2) is 0 Å². The van der Waals surface area contributed by atoms with E-state index < -0.39 is 0 Å². The Bertz CT molecular complexity index is 536. The van der Waals surface area contributed by atoms with Gasteiger partial charge in [0, 0.05) is 11.6 Å². The fourth-order valence-corrected chi connectivity index (χ4v) is 5.82. The molecule has 0 radical (unpaired) electrons. The van der Waals surface area contributed by atoms with Gasteiger partial charge in [0.1, 0.15) is 0 Å². The molecule has 1 heteroatoms. The molecule has 1 aromatic rings. The maximum Gasteiger partial charge on any atom is 0.0297 e. The maximum atomic E-state index is 4.09. The summed E-state index contributed by atoms with van der Waals surface area (Å²) in [6.45, 7) is 9.23. The van der Waals surface area contributed by atoms with Crippen molar-refractivity contribution in [2.24, 2.45) is 17.8 Å². The summed E-state index contributed by atoms with van der Waals surface area (Å²) in [4.78, 5) is 0. The fraction of sp³-hybridized carbons (Fsp3) is 0.714. The zero-order valence-corrected chi connectivity index (χ0v) is 14.7. The number of rotatable bonds is 3. The second-order valence-corrected chi connectivity index (χ2v) is 9.44. The normalized spacial score (nSPS) is 37.7. The summed E-state index contributed by atoms with van der Waals surface area (Å²) in [6, 6.07) is 9.81. The quantitative estimate of drug-likeness (QED) is 0.807. The Balaban J connectivity index is 1.50. The maximum absolute atomic E-state index is 4.09. The lowest BCUT2D eigenvalue weighted by molar-refractivity contribution is 0.218. The average Bonchev–Trinajstić information content (AvgIpc) is 2.82. The van der Waals surface area contributed by atoms with E-state index in [1.54, 1.807) is 0 Å². The molecule has 3 unspecified atom stereocenters. The molecule has 3 atom stereocenters. The van der Waals surface area contributed by atoms with Gasteiger partial charge in [0.2, 0.25) is 0 Å². The van der Waals surface area contributed by atoms with Crippen LogP contribution in [0.15, 0.2) is 24.3 Å². The van der Waals surface area contributed by atoms with Gasteiger partial charge in [-0.05, 0) is 73.3 Å². The number of benzene rings is 1. The largest absolute Gasteiger partial charge is 0.304 e. The standard InChI is InChI=1S/C21H31N/c1-14(17-5-7-18(8-6-17)20(2,3)4)22-21-12-15-9-16(13-21)11-19(21)10-15/h5-8,14-16,19,22H,9-13H2,1-4H3. The highest BCUT2D eigenvalue weighted by molar-refractivity contribution is 5.29. The van der Waals surface area contributed by atoms with Crippen LogP contribution >= 0.6 is 0 Å². The minimum atomic E-state index is 0.247. The molecule has 4 saturated carbocycles. The first-order valence-electron chi connectivity index (χ1n) is 9.24. The topological polar surface area (TPSA) is 12.0 Å². The molecule has 0 spiro atoms. The Hall–Kier alpha value is -0.820. The van der Waals surface area contributed by atoms with Crippen LogP contribution in [0.3, 0.4) is 0 Å². The van der Waals surface area contributed by atoms with Crippen LogP contribution < -0.4 is 5.32 Å². The Morgan fingerprint density at radius 3 is 2.14 bits per heavy atom. The highest BCUT2D eigenvalue weighted by Gasteiger charge is 2.57. The van der Waals surface area contributed by atoms with Crippen LogP contribution in [0.1, 0.15) is 77.0 Å². The second kappa shape index (κ2) is 4.84. The fourth-order valence-electron chi connectivity index (χ4n) is 5.82. The first-order chi connectivity index (χ1) is 10.4. The lowest BCUT2D eigenvalue weighted by atomic mass is 9.80. The summed E-state index contributed by atoms with van der Waals surface area (Å²) in [5.41, 5.74) is 3.61. The summed E-state index contributed by atoms with van der Waals surface area (Å²) >= 11 is 0. The van der Waals surface area contributed by atoms with Crippen LogP contribution in [0.2, 0.25) is 0 Å². The van der Waals surface area contributed by atoms with E-state index in [1.807, 2.05) is 0 Å². The lowest BCUT2D eigenvalue weighted by Crippen LogP contribution is -2.47. The van der Waals surface area contributed by atoms with E-state index in [4.69, 9.17) is 0 Å². The first-order valence-corrected chi connectivity index (χ1v) is 9.24. The minimum absolute atomic E-state index is 0.247. The van der Waals surface area contributed by atoms with Crippen LogP contribution in [0.5, 0.6) is 0 Å². The lowest BCUT2D eigenvalue weighted by Gasteiger charge is -2.37. The van der Waals surface area contributed by atoms with Gasteiger partial charge >= 0.3 is 0 Å². The minimum Gasteiger partial charge on any atom is -0.304 e. The molecule has 0 saturated heterocycles. The molecular formula is C21H31N. The van der Waals surface area contributed by atoms with Gasteiger partial charge in [-0.2, -0.15) is 0 Å². The Labute approximate surface area is 135 Å². The summed E-state index contributed by atoms with van der Waals surface area (Å²) in [5, 5.41) is 4.09. The molecule has 4 aliphatic rings. The van der Waals surface area contributed by atoms with Crippen molar-refractivity contribution in [3.05, 3.63) is 35.4 Å². The molecule has 0 aromatic heterocycles. The molecule has 120 valence electrons. The molecule has 4 bridgehead atoms. The van der Waals surface area contributed by atoms with Crippen LogP contribution in [0.4, 0.5) is 0 Å². The van der Waals surface area contributed by atoms with Crippen LogP contribution in [-0.2, 0) is 5.41 Å². The highest BCUT2D eigenvalue weighted by Crippen LogP contribution is 2.60. The van der Waals surface area contributed by atoms with Crippen LogP contribution in [-0.4, -0.2) is 5.54 Å². The van der Waals surface area contributed by atoms with Crippen molar-refractivity contribution in [2.45, 2.75) is 76.8 Å². The van der Waals surface area contributed by atoms with Crippen molar-refractivity contribution < 1.29 is 0 Å². The summed E-state index contributed by atoms with van der Waals surface area (Å²) in [5.74, 6) is 3.02. The van der Waals surface area contributed by atoms with E-state index in [0.29, 0.717) is 11.6 Å². The smallest absolute Gasteiger partial charge is 0.0297 e. The molecule has 1 nitrogen and oxygen atoms in total. The molecule has 0 heterocycles. The van der Waals surface area contributed by atoms with Crippen molar-refractivity contribution in [3.8, 4) is 0 Å². The number of hydrogen-bond acceptors (Lipinski definition) is 1. The van der Waals surface area contributed by atoms with E-state index in [0.717, 1.165) is 17.8 Å². The van der Waals surface area contributed by atoms with Crippen molar-refractivity contribution >= 4 is 0 Å². The summed E-state index contributed by atoms with van der Waals surface area (Å²) in [7, 11) is 0. The Morgan fingerprint density at radius 1 is 1.00 bits per heavy atom. The SMILES string of the molecule is CC(NC12CC3CC(CC1C3)C2)c1ccc(C(C)(C)C)cc1. The third-order valence-electron chi connectivity index (χ3n) is 6.77. The van der Waals surface area contributed by atoms with Crippen molar-refractivity contribution in [1.29, 1.82) is 0 Å².